The fourth-order valence-corrected chi connectivity index (χ4v) is 4.56. The number of ketones is 1. The third-order valence-corrected chi connectivity index (χ3v) is 6.55. The Balaban J connectivity index is 1.36. The molecule has 5 rings (SSSR count). The van der Waals surface area contributed by atoms with E-state index in [9.17, 15) is 9.18 Å². The average molecular weight is 499 g/mol. The molecule has 1 aromatic carbocycles. The van der Waals surface area contributed by atoms with Crippen LogP contribution in [0.25, 0.3) is 22.0 Å². The van der Waals surface area contributed by atoms with Crippen LogP contribution in [0, 0.1) is 5.82 Å². The van der Waals surface area contributed by atoms with Crippen molar-refractivity contribution >= 4 is 28.1 Å². The Labute approximate surface area is 216 Å². The molecule has 1 aliphatic rings. The largest absolute Gasteiger partial charge is 0.383 e. The van der Waals surface area contributed by atoms with Crippen molar-refractivity contribution in [1.29, 1.82) is 0 Å². The van der Waals surface area contributed by atoms with Gasteiger partial charge < -0.3 is 15.1 Å². The van der Waals surface area contributed by atoms with Gasteiger partial charge >= 0.3 is 0 Å². The monoisotopic (exact) mass is 498 g/mol. The van der Waals surface area contributed by atoms with Gasteiger partial charge in [0.25, 0.3) is 0 Å². The van der Waals surface area contributed by atoms with Crippen molar-refractivity contribution < 1.29 is 9.18 Å². The maximum absolute atomic E-state index is 14.3. The van der Waals surface area contributed by atoms with Gasteiger partial charge in [-0.1, -0.05) is 0 Å². The van der Waals surface area contributed by atoms with Gasteiger partial charge in [0.2, 0.25) is 0 Å². The number of fused-ring (bicyclic) bond motifs is 1. The van der Waals surface area contributed by atoms with E-state index in [0.29, 0.717) is 28.2 Å². The van der Waals surface area contributed by atoms with Crippen molar-refractivity contribution in [3.63, 3.8) is 0 Å². The molecule has 3 aromatic heterocycles. The van der Waals surface area contributed by atoms with E-state index >= 15 is 0 Å². The van der Waals surface area contributed by atoms with E-state index in [1.807, 2.05) is 38.1 Å². The summed E-state index contributed by atoms with van der Waals surface area (Å²) in [7, 11) is 2.11. The number of anilines is 2. The Morgan fingerprint density at radius 1 is 0.973 bits per heavy atom. The molecule has 0 radical (unpaired) electrons. The summed E-state index contributed by atoms with van der Waals surface area (Å²) in [6.07, 6.45) is 5.35. The van der Waals surface area contributed by atoms with E-state index in [4.69, 9.17) is 0 Å². The van der Waals surface area contributed by atoms with Crippen LogP contribution in [0.15, 0.2) is 61.1 Å². The lowest BCUT2D eigenvalue weighted by Crippen LogP contribution is -2.44. The Bertz CT molecular complexity index is 1430. The number of halogens is 1. The summed E-state index contributed by atoms with van der Waals surface area (Å²) in [6.45, 7) is 7.75. The minimum atomic E-state index is -0.322. The number of nitrogens with zero attached hydrogens (tertiary/aromatic N) is 5. The van der Waals surface area contributed by atoms with Gasteiger partial charge in [-0.05, 0) is 68.7 Å². The number of piperazine rings is 1. The predicted octanol–water partition coefficient (Wildman–Crippen LogP) is 4.83. The minimum absolute atomic E-state index is 0.00607. The number of benzene rings is 1. The molecule has 8 heteroatoms. The molecule has 4 heterocycles. The first-order valence-electron chi connectivity index (χ1n) is 12.6. The van der Waals surface area contributed by atoms with E-state index < -0.39 is 0 Å². The molecule has 190 valence electrons. The molecule has 1 fully saturated rings. The zero-order valence-electron chi connectivity index (χ0n) is 21.4. The van der Waals surface area contributed by atoms with Crippen LogP contribution in [0.4, 0.5) is 15.9 Å². The zero-order chi connectivity index (χ0) is 25.9. The summed E-state index contributed by atoms with van der Waals surface area (Å²) in [6, 6.07) is 12.5. The molecule has 4 aromatic rings. The summed E-state index contributed by atoms with van der Waals surface area (Å²) in [5, 5.41) is 5.00. The fraction of sp³-hybridized carbons (Fsp3) is 0.310. The van der Waals surface area contributed by atoms with Crippen LogP contribution in [0.2, 0.25) is 0 Å². The zero-order valence-corrected chi connectivity index (χ0v) is 21.4. The number of pyridine rings is 3. The van der Waals surface area contributed by atoms with Crippen LogP contribution in [0.5, 0.6) is 0 Å². The van der Waals surface area contributed by atoms with Gasteiger partial charge in [0.1, 0.15) is 11.6 Å². The number of hydrogen-bond acceptors (Lipinski definition) is 7. The topological polar surface area (TPSA) is 74.2 Å². The summed E-state index contributed by atoms with van der Waals surface area (Å²) in [5.41, 5.74) is 3.36. The van der Waals surface area contributed by atoms with Gasteiger partial charge in [0, 0.05) is 78.7 Å². The smallest absolute Gasteiger partial charge is 0.169 e. The lowest BCUT2D eigenvalue weighted by atomic mass is 10.0. The highest BCUT2D eigenvalue weighted by molar-refractivity contribution is 5.98. The third kappa shape index (κ3) is 5.91. The first kappa shape index (κ1) is 24.8. The second-order valence-corrected chi connectivity index (χ2v) is 9.91. The molecule has 1 saturated heterocycles. The number of aromatic nitrogens is 3. The maximum atomic E-state index is 14.3. The van der Waals surface area contributed by atoms with Crippen molar-refractivity contribution in [3.8, 4) is 11.3 Å². The molecular formula is C29H31FN6O. The lowest BCUT2D eigenvalue weighted by Gasteiger charge is -2.33. The Hall–Kier alpha value is -3.91. The normalized spacial score (nSPS) is 14.4. The number of nitrogens with one attached hydrogen (secondary N) is 1. The van der Waals surface area contributed by atoms with Crippen LogP contribution in [0.1, 0.15) is 29.9 Å². The molecule has 0 spiro atoms. The minimum Gasteiger partial charge on any atom is -0.383 e. The summed E-state index contributed by atoms with van der Waals surface area (Å²) >= 11 is 0. The summed E-state index contributed by atoms with van der Waals surface area (Å²) < 4.78 is 14.3. The van der Waals surface area contributed by atoms with Crippen molar-refractivity contribution in [2.75, 3.05) is 43.4 Å². The second-order valence-electron chi connectivity index (χ2n) is 9.91. The molecule has 0 aliphatic carbocycles. The predicted molar refractivity (Wildman–Crippen MR) is 146 cm³/mol. The quantitative estimate of drug-likeness (QED) is 0.366. The van der Waals surface area contributed by atoms with Gasteiger partial charge in [-0.15, -0.1) is 0 Å². The van der Waals surface area contributed by atoms with Crippen molar-refractivity contribution in [3.05, 3.63) is 78.1 Å². The standard InChI is InChI=1S/C29H31FN6O/c1-19(2)34-26-12-22(10-24(30)15-26)27-13-21-11-25(32-17-23(21)18-33-27)16-28(37)20-4-5-31-29(14-20)36-8-6-35(3)7-9-36/h4-5,10-15,17-19,34H,6-9,16H2,1-3H3. The van der Waals surface area contributed by atoms with Crippen LogP contribution >= 0.6 is 0 Å². The maximum Gasteiger partial charge on any atom is 0.169 e. The molecule has 0 atom stereocenters. The van der Waals surface area contributed by atoms with Crippen molar-refractivity contribution in [1.82, 2.24) is 19.9 Å². The van der Waals surface area contributed by atoms with Crippen LogP contribution in [-0.4, -0.2) is 64.9 Å². The molecule has 37 heavy (non-hydrogen) atoms. The van der Waals surface area contributed by atoms with E-state index in [1.54, 1.807) is 24.7 Å². The molecule has 1 aliphatic heterocycles. The van der Waals surface area contributed by atoms with Gasteiger partial charge in [-0.25, -0.2) is 9.37 Å². The highest BCUT2D eigenvalue weighted by Gasteiger charge is 2.17. The first-order valence-corrected chi connectivity index (χ1v) is 12.6. The van der Waals surface area contributed by atoms with Gasteiger partial charge in [-0.2, -0.15) is 0 Å². The molecule has 0 amide bonds. The van der Waals surface area contributed by atoms with E-state index in [2.05, 4.69) is 37.1 Å². The van der Waals surface area contributed by atoms with Gasteiger partial charge in [-0.3, -0.25) is 14.8 Å². The Kier molecular flexibility index (Phi) is 7.10. The SMILES string of the molecule is CC(C)Nc1cc(F)cc(-c2cc3cc(CC(=O)c4ccnc(N5CCN(C)CC5)c4)ncc3cn2)c1. The molecule has 1 N–H and O–H groups in total. The number of rotatable bonds is 7. The highest BCUT2D eigenvalue weighted by atomic mass is 19.1. The third-order valence-electron chi connectivity index (χ3n) is 6.55. The van der Waals surface area contributed by atoms with Gasteiger partial charge in [0.05, 0.1) is 12.1 Å². The Morgan fingerprint density at radius 2 is 1.76 bits per heavy atom. The van der Waals surface area contributed by atoms with E-state index in [-0.39, 0.29) is 24.1 Å². The average Bonchev–Trinajstić information content (AvgIpc) is 2.88. The number of carbonyl (C=O) groups excluding carboxylic acids is 1. The molecular weight excluding hydrogens is 467 g/mol. The molecule has 0 bridgehead atoms. The summed E-state index contributed by atoms with van der Waals surface area (Å²) in [4.78, 5) is 31.1. The van der Waals surface area contributed by atoms with E-state index in [0.717, 1.165) is 42.8 Å². The van der Waals surface area contributed by atoms with E-state index in [1.165, 1.54) is 12.1 Å². The number of likely N-dealkylation sites (N-methyl/N-ethyl adjacent to an activating group) is 1. The van der Waals surface area contributed by atoms with Gasteiger partial charge in [0.15, 0.2) is 5.78 Å². The first-order chi connectivity index (χ1) is 17.8. The van der Waals surface area contributed by atoms with Crippen LogP contribution in [0.3, 0.4) is 0 Å². The second kappa shape index (κ2) is 10.6. The molecule has 0 unspecified atom stereocenters. The van der Waals surface area contributed by atoms with Crippen LogP contribution in [-0.2, 0) is 6.42 Å². The van der Waals surface area contributed by atoms with Crippen LogP contribution < -0.4 is 10.2 Å². The lowest BCUT2D eigenvalue weighted by molar-refractivity contribution is 0.0992. The fourth-order valence-electron chi connectivity index (χ4n) is 4.56. The molecule has 7 nitrogen and oxygen atoms in total. The highest BCUT2D eigenvalue weighted by Crippen LogP contribution is 2.26. The number of hydrogen-bond donors (Lipinski definition) is 1. The molecule has 0 saturated carbocycles. The Morgan fingerprint density at radius 3 is 2.54 bits per heavy atom. The van der Waals surface area contributed by atoms with Crippen molar-refractivity contribution in [2.45, 2.75) is 26.3 Å². The number of Topliss-reactive ketones (excluding diaryl/α,β-unsaturated/α-hetero) is 1. The van der Waals surface area contributed by atoms with Crippen molar-refractivity contribution in [2.24, 2.45) is 0 Å². The number of carbonyl (C=O) groups is 1. The summed E-state index contributed by atoms with van der Waals surface area (Å²) in [5.74, 6) is 0.507.